The van der Waals surface area contributed by atoms with Gasteiger partial charge in [-0.2, -0.15) is 0 Å². The predicted molar refractivity (Wildman–Crippen MR) is 106 cm³/mol. The molecule has 0 aromatic heterocycles. The van der Waals surface area contributed by atoms with Gasteiger partial charge in [0.1, 0.15) is 6.04 Å². The molecule has 2 aliphatic rings. The van der Waals surface area contributed by atoms with Crippen molar-refractivity contribution in [3.05, 3.63) is 51.5 Å². The molecule has 0 fully saturated rings. The average Bonchev–Trinajstić information content (AvgIpc) is 3.11. The number of benzene rings is 2. The van der Waals surface area contributed by atoms with Crippen LogP contribution >= 0.6 is 15.9 Å². The molecule has 150 valence electrons. The third-order valence-corrected chi connectivity index (χ3v) is 6.16. The molecule has 0 bridgehead atoms. The summed E-state index contributed by atoms with van der Waals surface area (Å²) in [7, 11) is 6.00. The Bertz CT molecular complexity index is 898. The van der Waals surface area contributed by atoms with E-state index in [1.165, 1.54) is 5.56 Å². The van der Waals surface area contributed by atoms with Gasteiger partial charge in [0.15, 0.2) is 17.3 Å². The summed E-state index contributed by atoms with van der Waals surface area (Å²) < 4.78 is 18.7. The first-order chi connectivity index (χ1) is 12.9. The summed E-state index contributed by atoms with van der Waals surface area (Å²) in [4.78, 5) is 13.0. The van der Waals surface area contributed by atoms with Crippen LogP contribution in [-0.4, -0.2) is 44.8 Å². The predicted octanol–water partition coefficient (Wildman–Crippen LogP) is 1.14. The Morgan fingerprint density at radius 3 is 2.64 bits per heavy atom. The highest BCUT2D eigenvalue weighted by atomic mass is 127. The molecule has 28 heavy (non-hydrogen) atoms. The summed E-state index contributed by atoms with van der Waals surface area (Å²) in [5.74, 6) is 2.22. The third-order valence-electron chi connectivity index (χ3n) is 5.63. The second-order valence-corrected chi connectivity index (χ2v) is 8.53. The summed E-state index contributed by atoms with van der Waals surface area (Å²) in [5.41, 5.74) is 2.98. The van der Waals surface area contributed by atoms with Gasteiger partial charge in [-0.15, -0.1) is 0 Å². The van der Waals surface area contributed by atoms with Crippen LogP contribution in [0.5, 0.6) is 17.2 Å². The van der Waals surface area contributed by atoms with Crippen LogP contribution in [0.25, 0.3) is 0 Å². The highest BCUT2D eigenvalue weighted by Crippen LogP contribution is 2.51. The maximum atomic E-state index is 13.0. The molecule has 1 atom stereocenters. The highest BCUT2D eigenvalue weighted by Gasteiger charge is 2.42. The number of ether oxygens (including phenoxy) is 3. The van der Waals surface area contributed by atoms with E-state index >= 15 is 0 Å². The number of nitrogens with zero attached hydrogens (tertiary/aromatic N) is 1. The minimum atomic E-state index is -0.00523. The Balaban J connectivity index is 0.00000225. The number of Topliss-reactive ketones (excluding diaryl/α,β-unsaturated/α-hetero) is 1. The average molecular weight is 560 g/mol. The molecule has 1 unspecified atom stereocenters. The molecule has 0 saturated carbocycles. The zero-order valence-electron chi connectivity index (χ0n) is 16.1. The summed E-state index contributed by atoms with van der Waals surface area (Å²) in [6.07, 6.45) is 1.33. The van der Waals surface area contributed by atoms with E-state index in [1.807, 2.05) is 24.3 Å². The van der Waals surface area contributed by atoms with Gasteiger partial charge in [-0.05, 0) is 23.8 Å². The van der Waals surface area contributed by atoms with Gasteiger partial charge in [0.2, 0.25) is 12.5 Å². The molecule has 5 nitrogen and oxygen atoms in total. The van der Waals surface area contributed by atoms with Gasteiger partial charge in [-0.1, -0.05) is 28.1 Å². The number of hydrogen-bond donors (Lipinski definition) is 0. The van der Waals surface area contributed by atoms with Gasteiger partial charge in [0.05, 0.1) is 39.7 Å². The molecule has 0 radical (unpaired) electrons. The van der Waals surface area contributed by atoms with Crippen molar-refractivity contribution in [3.8, 4) is 17.2 Å². The van der Waals surface area contributed by atoms with Crippen molar-refractivity contribution in [1.29, 1.82) is 0 Å². The number of methoxy groups -OCH3 is 1. The number of ketones is 1. The van der Waals surface area contributed by atoms with Crippen molar-refractivity contribution < 1.29 is 47.5 Å². The molecule has 4 rings (SSSR count). The minimum Gasteiger partial charge on any atom is -1.00 e. The number of quaternary nitrogens is 1. The van der Waals surface area contributed by atoms with Crippen LogP contribution in [0.1, 0.15) is 33.9 Å². The summed E-state index contributed by atoms with van der Waals surface area (Å²) in [6, 6.07) is 9.59. The maximum Gasteiger partial charge on any atom is 0.231 e. The summed E-state index contributed by atoms with van der Waals surface area (Å²) in [5, 5.41) is 0. The van der Waals surface area contributed by atoms with E-state index in [-0.39, 0.29) is 42.6 Å². The van der Waals surface area contributed by atoms with Gasteiger partial charge in [0.25, 0.3) is 0 Å². The summed E-state index contributed by atoms with van der Waals surface area (Å²) >= 11 is 3.42. The quantitative estimate of drug-likeness (QED) is 0.320. The molecule has 0 spiro atoms. The lowest BCUT2D eigenvalue weighted by molar-refractivity contribution is -0.922. The Labute approximate surface area is 190 Å². The molecule has 2 aromatic rings. The zero-order valence-corrected chi connectivity index (χ0v) is 19.9. The van der Waals surface area contributed by atoms with E-state index in [2.05, 4.69) is 36.1 Å². The fourth-order valence-corrected chi connectivity index (χ4v) is 4.31. The van der Waals surface area contributed by atoms with E-state index in [1.54, 1.807) is 7.11 Å². The van der Waals surface area contributed by atoms with E-state index in [0.29, 0.717) is 17.9 Å². The number of carbonyl (C=O) groups excluding carboxylic acids is 1. The fourth-order valence-electron chi connectivity index (χ4n) is 4.04. The van der Waals surface area contributed by atoms with Crippen LogP contribution in [0.2, 0.25) is 0 Å². The SMILES string of the molecule is COc1c2c(cc3c1C(CC(=O)c1ccc(Br)cc1)[N+](C)(C)CC3)OCO2.[I-]. The van der Waals surface area contributed by atoms with Crippen LogP contribution in [0.4, 0.5) is 0 Å². The molecular weight excluding hydrogens is 537 g/mol. The minimum absolute atomic E-state index is 0. The highest BCUT2D eigenvalue weighted by molar-refractivity contribution is 9.10. The third kappa shape index (κ3) is 3.76. The van der Waals surface area contributed by atoms with Crippen molar-refractivity contribution in [2.24, 2.45) is 0 Å². The molecule has 2 aliphatic heterocycles. The van der Waals surface area contributed by atoms with Crippen molar-refractivity contribution in [2.75, 3.05) is 34.5 Å². The van der Waals surface area contributed by atoms with E-state index in [9.17, 15) is 4.79 Å². The van der Waals surface area contributed by atoms with E-state index < -0.39 is 0 Å². The lowest BCUT2D eigenvalue weighted by Gasteiger charge is -2.43. The van der Waals surface area contributed by atoms with Gasteiger partial charge in [-0.3, -0.25) is 4.79 Å². The molecule has 0 amide bonds. The van der Waals surface area contributed by atoms with E-state index in [0.717, 1.165) is 38.8 Å². The van der Waals surface area contributed by atoms with Gasteiger partial charge >= 0.3 is 0 Å². The van der Waals surface area contributed by atoms with Crippen molar-refractivity contribution in [2.45, 2.75) is 18.9 Å². The fraction of sp³-hybridized carbons (Fsp3) is 0.381. The second kappa shape index (κ2) is 8.20. The Hall–Kier alpha value is -1.32. The molecule has 2 aromatic carbocycles. The maximum absolute atomic E-state index is 13.0. The number of halogens is 2. The number of rotatable bonds is 4. The molecular formula is C21H23BrINO4. The topological polar surface area (TPSA) is 44.8 Å². The lowest BCUT2D eigenvalue weighted by Crippen LogP contribution is -3.00. The first kappa shape index (κ1) is 21.4. The first-order valence-electron chi connectivity index (χ1n) is 9.01. The second-order valence-electron chi connectivity index (χ2n) is 7.62. The summed E-state index contributed by atoms with van der Waals surface area (Å²) in [6.45, 7) is 1.16. The molecule has 0 saturated heterocycles. The van der Waals surface area contributed by atoms with Crippen LogP contribution in [-0.2, 0) is 6.42 Å². The number of likely N-dealkylation sites (N-methyl/N-ethyl adjacent to an activating group) is 1. The molecule has 0 aliphatic carbocycles. The zero-order chi connectivity index (χ0) is 19.2. The normalized spacial score (nSPS) is 18.8. The first-order valence-corrected chi connectivity index (χ1v) is 9.81. The van der Waals surface area contributed by atoms with Gasteiger partial charge in [0, 0.05) is 16.5 Å². The van der Waals surface area contributed by atoms with Crippen LogP contribution in [0.3, 0.4) is 0 Å². The van der Waals surface area contributed by atoms with Crippen molar-refractivity contribution >= 4 is 21.7 Å². The van der Waals surface area contributed by atoms with Crippen LogP contribution in [0, 0.1) is 0 Å². The Kier molecular flexibility index (Phi) is 6.26. The van der Waals surface area contributed by atoms with Crippen LogP contribution < -0.4 is 38.2 Å². The standard InChI is InChI=1S/C21H23BrNO4.HI/c1-23(2)9-8-14-10-18-20(27-12-26-18)21(25-3)19(14)16(23)11-17(24)13-4-6-15(22)7-5-13;/h4-7,10,16H,8-9,11-12H2,1-3H3;1H/q+1;/p-1. The molecule has 7 heteroatoms. The Morgan fingerprint density at radius 2 is 1.96 bits per heavy atom. The largest absolute Gasteiger partial charge is 1.00 e. The smallest absolute Gasteiger partial charge is 0.231 e. The van der Waals surface area contributed by atoms with Crippen molar-refractivity contribution in [1.82, 2.24) is 0 Å². The Morgan fingerprint density at radius 1 is 1.25 bits per heavy atom. The number of hydrogen-bond acceptors (Lipinski definition) is 4. The van der Waals surface area contributed by atoms with Crippen molar-refractivity contribution in [3.63, 3.8) is 0 Å². The van der Waals surface area contributed by atoms with Gasteiger partial charge < -0.3 is 42.7 Å². The monoisotopic (exact) mass is 559 g/mol. The van der Waals surface area contributed by atoms with Gasteiger partial charge in [-0.25, -0.2) is 0 Å². The number of fused-ring (bicyclic) bond motifs is 2. The number of carbonyl (C=O) groups is 1. The van der Waals surface area contributed by atoms with Crippen LogP contribution in [0.15, 0.2) is 34.8 Å². The molecule has 0 N–H and O–H groups in total. The molecule has 2 heterocycles. The lowest BCUT2D eigenvalue weighted by atomic mass is 9.86. The van der Waals surface area contributed by atoms with E-state index in [4.69, 9.17) is 14.2 Å².